The zero-order valence-corrected chi connectivity index (χ0v) is 12.5. The molecular formula is C17H21N3O. The third-order valence-corrected chi connectivity index (χ3v) is 3.26. The summed E-state index contributed by atoms with van der Waals surface area (Å²) in [5, 5.41) is 6.99. The molecule has 0 atom stereocenters. The predicted molar refractivity (Wildman–Crippen MR) is 84.8 cm³/mol. The molecule has 1 heterocycles. The standard InChI is InChI=1S/C17H21N3O/c1-14-5-6-16(15(2)13-14)7-8-17(21)18-9-3-11-20-12-4-10-19-20/h4-8,10,12-13H,3,9,11H2,1-2H3,(H,18,21). The van der Waals surface area contributed by atoms with Crippen LogP contribution in [0.15, 0.2) is 42.7 Å². The molecule has 0 saturated carbocycles. The highest BCUT2D eigenvalue weighted by atomic mass is 16.1. The number of aromatic nitrogens is 2. The molecule has 1 amide bonds. The maximum absolute atomic E-state index is 11.7. The lowest BCUT2D eigenvalue weighted by molar-refractivity contribution is -0.116. The largest absolute Gasteiger partial charge is 0.352 e. The van der Waals surface area contributed by atoms with Crippen molar-refractivity contribution in [1.82, 2.24) is 15.1 Å². The van der Waals surface area contributed by atoms with Gasteiger partial charge in [-0.1, -0.05) is 23.8 Å². The van der Waals surface area contributed by atoms with Crippen molar-refractivity contribution in [3.05, 3.63) is 59.4 Å². The van der Waals surface area contributed by atoms with Gasteiger partial charge < -0.3 is 5.32 Å². The van der Waals surface area contributed by atoms with E-state index >= 15 is 0 Å². The van der Waals surface area contributed by atoms with Gasteiger partial charge in [-0.05, 0) is 43.5 Å². The van der Waals surface area contributed by atoms with Crippen molar-refractivity contribution in [2.24, 2.45) is 0 Å². The van der Waals surface area contributed by atoms with Crippen LogP contribution < -0.4 is 5.32 Å². The van der Waals surface area contributed by atoms with Gasteiger partial charge in [-0.3, -0.25) is 9.48 Å². The van der Waals surface area contributed by atoms with Crippen LogP contribution in [0, 0.1) is 13.8 Å². The lowest BCUT2D eigenvalue weighted by atomic mass is 10.1. The molecule has 0 aliphatic rings. The SMILES string of the molecule is Cc1ccc(C=CC(=O)NCCCn2cccn2)c(C)c1. The zero-order chi connectivity index (χ0) is 15.1. The Labute approximate surface area is 125 Å². The normalized spacial score (nSPS) is 11.0. The van der Waals surface area contributed by atoms with Crippen molar-refractivity contribution in [3.8, 4) is 0 Å². The quantitative estimate of drug-likeness (QED) is 0.654. The van der Waals surface area contributed by atoms with Crippen LogP contribution in [0.25, 0.3) is 6.08 Å². The van der Waals surface area contributed by atoms with E-state index in [0.29, 0.717) is 6.54 Å². The molecule has 4 heteroatoms. The van der Waals surface area contributed by atoms with E-state index in [9.17, 15) is 4.79 Å². The summed E-state index contributed by atoms with van der Waals surface area (Å²) in [7, 11) is 0. The van der Waals surface area contributed by atoms with Crippen molar-refractivity contribution < 1.29 is 4.79 Å². The molecule has 0 aliphatic heterocycles. The predicted octanol–water partition coefficient (Wildman–Crippen LogP) is 2.72. The van der Waals surface area contributed by atoms with E-state index in [0.717, 1.165) is 18.5 Å². The Morgan fingerprint density at radius 2 is 2.24 bits per heavy atom. The van der Waals surface area contributed by atoms with Crippen molar-refractivity contribution in [2.75, 3.05) is 6.54 Å². The summed E-state index contributed by atoms with van der Waals surface area (Å²) >= 11 is 0. The lowest BCUT2D eigenvalue weighted by Gasteiger charge is -2.04. The molecule has 0 fully saturated rings. The Morgan fingerprint density at radius 3 is 2.95 bits per heavy atom. The van der Waals surface area contributed by atoms with Crippen LogP contribution in [0.5, 0.6) is 0 Å². The van der Waals surface area contributed by atoms with E-state index < -0.39 is 0 Å². The van der Waals surface area contributed by atoms with E-state index in [4.69, 9.17) is 0 Å². The number of benzene rings is 1. The van der Waals surface area contributed by atoms with Crippen molar-refractivity contribution in [3.63, 3.8) is 0 Å². The van der Waals surface area contributed by atoms with Crippen molar-refractivity contribution in [1.29, 1.82) is 0 Å². The minimum Gasteiger partial charge on any atom is -0.352 e. The monoisotopic (exact) mass is 283 g/mol. The fourth-order valence-electron chi connectivity index (χ4n) is 2.12. The Kier molecular flexibility index (Phi) is 5.32. The Morgan fingerprint density at radius 1 is 1.38 bits per heavy atom. The van der Waals surface area contributed by atoms with Gasteiger partial charge in [0.15, 0.2) is 0 Å². The van der Waals surface area contributed by atoms with E-state index in [1.54, 1.807) is 12.3 Å². The lowest BCUT2D eigenvalue weighted by Crippen LogP contribution is -2.23. The second-order valence-electron chi connectivity index (χ2n) is 5.11. The number of aryl methyl sites for hydroxylation is 3. The number of hydrogen-bond donors (Lipinski definition) is 1. The summed E-state index contributed by atoms with van der Waals surface area (Å²) in [6.07, 6.45) is 7.99. The van der Waals surface area contributed by atoms with Crippen molar-refractivity contribution >= 4 is 12.0 Å². The second-order valence-corrected chi connectivity index (χ2v) is 5.11. The fourth-order valence-corrected chi connectivity index (χ4v) is 2.12. The van der Waals surface area contributed by atoms with Gasteiger partial charge in [0.1, 0.15) is 0 Å². The Balaban J connectivity index is 1.74. The molecule has 2 rings (SSSR count). The number of carbonyl (C=O) groups is 1. The summed E-state index contributed by atoms with van der Waals surface area (Å²) in [6, 6.07) is 8.09. The molecule has 0 unspecified atom stereocenters. The Bertz CT molecular complexity index is 615. The average Bonchev–Trinajstić information content (AvgIpc) is 2.96. The first-order valence-corrected chi connectivity index (χ1v) is 7.16. The smallest absolute Gasteiger partial charge is 0.244 e. The number of rotatable bonds is 6. The van der Waals surface area contributed by atoms with Gasteiger partial charge >= 0.3 is 0 Å². The minimum absolute atomic E-state index is 0.0598. The van der Waals surface area contributed by atoms with E-state index in [-0.39, 0.29) is 5.91 Å². The third kappa shape index (κ3) is 4.91. The van der Waals surface area contributed by atoms with Crippen molar-refractivity contribution in [2.45, 2.75) is 26.8 Å². The van der Waals surface area contributed by atoms with Crippen LogP contribution in [0.1, 0.15) is 23.1 Å². The van der Waals surface area contributed by atoms with E-state index in [1.807, 2.05) is 29.1 Å². The minimum atomic E-state index is -0.0598. The van der Waals surface area contributed by atoms with Gasteiger partial charge in [0.2, 0.25) is 5.91 Å². The third-order valence-electron chi connectivity index (χ3n) is 3.26. The van der Waals surface area contributed by atoms with Crippen LogP contribution in [0.2, 0.25) is 0 Å². The zero-order valence-electron chi connectivity index (χ0n) is 12.5. The molecule has 0 bridgehead atoms. The maximum atomic E-state index is 11.7. The van der Waals surface area contributed by atoms with E-state index in [2.05, 4.69) is 36.4 Å². The van der Waals surface area contributed by atoms with Gasteiger partial charge in [-0.2, -0.15) is 5.10 Å². The molecule has 1 aromatic heterocycles. The maximum Gasteiger partial charge on any atom is 0.244 e. The first-order chi connectivity index (χ1) is 10.1. The molecule has 0 saturated heterocycles. The number of amides is 1. The van der Waals surface area contributed by atoms with Gasteiger partial charge in [-0.15, -0.1) is 0 Å². The molecule has 0 spiro atoms. The summed E-state index contributed by atoms with van der Waals surface area (Å²) in [5.74, 6) is -0.0598. The number of hydrogen-bond acceptors (Lipinski definition) is 2. The first kappa shape index (κ1) is 15.0. The fraction of sp³-hybridized carbons (Fsp3) is 0.294. The molecule has 4 nitrogen and oxygen atoms in total. The molecule has 110 valence electrons. The number of carbonyl (C=O) groups excluding carboxylic acids is 1. The van der Waals surface area contributed by atoms with Crippen LogP contribution in [0.4, 0.5) is 0 Å². The average molecular weight is 283 g/mol. The highest BCUT2D eigenvalue weighted by molar-refractivity contribution is 5.91. The van der Waals surface area contributed by atoms with Crippen LogP contribution in [-0.4, -0.2) is 22.2 Å². The number of nitrogens with one attached hydrogen (secondary N) is 1. The molecular weight excluding hydrogens is 262 g/mol. The Hall–Kier alpha value is -2.36. The van der Waals surface area contributed by atoms with Gasteiger partial charge in [0.05, 0.1) is 0 Å². The summed E-state index contributed by atoms with van der Waals surface area (Å²) in [5.41, 5.74) is 3.48. The molecule has 0 aliphatic carbocycles. The highest BCUT2D eigenvalue weighted by Gasteiger charge is 1.98. The van der Waals surface area contributed by atoms with E-state index in [1.165, 1.54) is 11.1 Å². The van der Waals surface area contributed by atoms with Gasteiger partial charge in [0, 0.05) is 31.6 Å². The van der Waals surface area contributed by atoms with Crippen LogP contribution in [-0.2, 0) is 11.3 Å². The topological polar surface area (TPSA) is 46.9 Å². The van der Waals surface area contributed by atoms with Gasteiger partial charge in [-0.25, -0.2) is 0 Å². The highest BCUT2D eigenvalue weighted by Crippen LogP contribution is 2.11. The molecule has 1 N–H and O–H groups in total. The summed E-state index contributed by atoms with van der Waals surface area (Å²) < 4.78 is 1.86. The van der Waals surface area contributed by atoms with Gasteiger partial charge in [0.25, 0.3) is 0 Å². The van der Waals surface area contributed by atoms with Crippen LogP contribution >= 0.6 is 0 Å². The molecule has 1 aromatic carbocycles. The molecule has 21 heavy (non-hydrogen) atoms. The molecule has 0 radical (unpaired) electrons. The molecule has 2 aromatic rings. The summed E-state index contributed by atoms with van der Waals surface area (Å²) in [4.78, 5) is 11.7. The summed E-state index contributed by atoms with van der Waals surface area (Å²) in [6.45, 7) is 5.57. The second kappa shape index (κ2) is 7.43. The first-order valence-electron chi connectivity index (χ1n) is 7.16. The van der Waals surface area contributed by atoms with Crippen LogP contribution in [0.3, 0.4) is 0 Å². The number of nitrogens with zero attached hydrogens (tertiary/aromatic N) is 2.